The summed E-state index contributed by atoms with van der Waals surface area (Å²) in [6.45, 7) is 2.90. The first-order valence-electron chi connectivity index (χ1n) is 7.22. The van der Waals surface area contributed by atoms with Crippen molar-refractivity contribution in [3.63, 3.8) is 0 Å². The van der Waals surface area contributed by atoms with Crippen molar-refractivity contribution in [3.05, 3.63) is 46.2 Å². The van der Waals surface area contributed by atoms with Crippen LogP contribution in [0.15, 0.2) is 24.3 Å². The van der Waals surface area contributed by atoms with Crippen LogP contribution in [0.5, 0.6) is 0 Å². The Morgan fingerprint density at radius 2 is 2.32 bits per heavy atom. The highest BCUT2D eigenvalue weighted by Crippen LogP contribution is 2.48. The monoisotopic (exact) mass is 320 g/mol. The van der Waals surface area contributed by atoms with Crippen LogP contribution in [0.2, 0.25) is 0 Å². The first-order chi connectivity index (χ1) is 10.6. The summed E-state index contributed by atoms with van der Waals surface area (Å²) in [6, 6.07) is 6.65. The van der Waals surface area contributed by atoms with Crippen LogP contribution < -0.4 is 5.32 Å². The third kappa shape index (κ3) is 2.94. The van der Waals surface area contributed by atoms with Crippen LogP contribution in [-0.4, -0.2) is 27.2 Å². The average molecular weight is 320 g/mol. The number of aromatic amines is 1. The molecule has 0 radical (unpaired) electrons. The normalized spacial score (nSPS) is 19.9. The molecule has 2 N–H and O–H groups in total. The van der Waals surface area contributed by atoms with Crippen molar-refractivity contribution in [1.82, 2.24) is 20.1 Å². The number of aromatic nitrogens is 3. The van der Waals surface area contributed by atoms with E-state index in [1.54, 1.807) is 18.2 Å². The quantitative estimate of drug-likeness (QED) is 0.831. The van der Waals surface area contributed by atoms with Gasteiger partial charge >= 0.3 is 0 Å². The zero-order valence-electron chi connectivity index (χ0n) is 12.2. The van der Waals surface area contributed by atoms with Crippen molar-refractivity contribution in [3.8, 4) is 0 Å². The van der Waals surface area contributed by atoms with Gasteiger partial charge in [-0.2, -0.15) is 5.10 Å². The summed E-state index contributed by atoms with van der Waals surface area (Å²) >= 11 is 5.10. The van der Waals surface area contributed by atoms with Gasteiger partial charge in [0.15, 0.2) is 4.77 Å². The van der Waals surface area contributed by atoms with Gasteiger partial charge in [-0.25, -0.2) is 4.39 Å². The summed E-state index contributed by atoms with van der Waals surface area (Å²) in [6.07, 6.45) is 0.705. The first kappa shape index (κ1) is 14.9. The Morgan fingerprint density at radius 1 is 1.55 bits per heavy atom. The minimum Gasteiger partial charge on any atom is -0.354 e. The van der Waals surface area contributed by atoms with Gasteiger partial charge < -0.3 is 9.88 Å². The van der Waals surface area contributed by atoms with Crippen LogP contribution in [0, 0.1) is 23.4 Å². The molecule has 2 aromatic rings. The highest BCUT2D eigenvalue weighted by Gasteiger charge is 2.44. The average Bonchev–Trinajstić information content (AvgIpc) is 3.23. The van der Waals surface area contributed by atoms with E-state index in [1.807, 2.05) is 11.5 Å². The number of benzene rings is 1. The summed E-state index contributed by atoms with van der Waals surface area (Å²) < 4.78 is 16.1. The molecule has 116 valence electrons. The predicted octanol–water partition coefficient (Wildman–Crippen LogP) is 2.31. The summed E-state index contributed by atoms with van der Waals surface area (Å²) in [5.74, 6) is 0.397. The second-order valence-electron chi connectivity index (χ2n) is 5.49. The van der Waals surface area contributed by atoms with Crippen LogP contribution in [0.25, 0.3) is 0 Å². The van der Waals surface area contributed by atoms with E-state index in [2.05, 4.69) is 15.5 Å². The second-order valence-corrected chi connectivity index (χ2v) is 5.88. The molecule has 1 fully saturated rings. The largest absolute Gasteiger partial charge is 0.354 e. The fourth-order valence-electron chi connectivity index (χ4n) is 2.69. The zero-order valence-corrected chi connectivity index (χ0v) is 13.0. The Hall–Kier alpha value is -2.02. The molecule has 1 heterocycles. The standard InChI is InChI=1S/C15H17FN4OS/c1-9-18-19-15(22)20(9)7-6-17-14(21)12-8-11(12)10-4-2-3-5-13(10)16/h2-5,11-12H,6-8H2,1H3,(H,17,21)(H,19,22)/t11-,12+/m1/s1. The Bertz CT molecular complexity index is 754. The van der Waals surface area contributed by atoms with Gasteiger partial charge in [0.1, 0.15) is 11.6 Å². The van der Waals surface area contributed by atoms with Crippen molar-refractivity contribution >= 4 is 18.1 Å². The van der Waals surface area contributed by atoms with Crippen LogP contribution in [0.4, 0.5) is 4.39 Å². The van der Waals surface area contributed by atoms with Crippen LogP contribution in [0.1, 0.15) is 23.7 Å². The topological polar surface area (TPSA) is 62.7 Å². The molecular formula is C15H17FN4OS. The first-order valence-corrected chi connectivity index (χ1v) is 7.62. The Kier molecular flexibility index (Phi) is 4.06. The molecule has 0 unspecified atom stereocenters. The number of nitrogens with zero attached hydrogens (tertiary/aromatic N) is 2. The Labute approximate surface area is 132 Å². The molecule has 2 atom stereocenters. The van der Waals surface area contributed by atoms with Crippen molar-refractivity contribution in [1.29, 1.82) is 0 Å². The second kappa shape index (κ2) is 6.00. The Morgan fingerprint density at radius 3 is 3.00 bits per heavy atom. The van der Waals surface area contributed by atoms with Gasteiger partial charge in [-0.05, 0) is 43.1 Å². The predicted molar refractivity (Wildman–Crippen MR) is 82.4 cm³/mol. The van der Waals surface area contributed by atoms with Gasteiger partial charge in [0.2, 0.25) is 5.91 Å². The van der Waals surface area contributed by atoms with Gasteiger partial charge in [-0.1, -0.05) is 18.2 Å². The summed E-state index contributed by atoms with van der Waals surface area (Å²) in [5, 5.41) is 9.61. The van der Waals surface area contributed by atoms with Gasteiger partial charge in [-0.3, -0.25) is 9.89 Å². The smallest absolute Gasteiger partial charge is 0.223 e. The van der Waals surface area contributed by atoms with Gasteiger partial charge in [0.25, 0.3) is 0 Å². The lowest BCUT2D eigenvalue weighted by Crippen LogP contribution is -2.29. The number of aryl methyl sites for hydroxylation is 1. The van der Waals surface area contributed by atoms with E-state index in [1.165, 1.54) is 6.07 Å². The van der Waals surface area contributed by atoms with Gasteiger partial charge in [0.05, 0.1) is 0 Å². The number of halogens is 1. The molecule has 1 aromatic heterocycles. The fourth-order valence-corrected chi connectivity index (χ4v) is 2.96. The van der Waals surface area contributed by atoms with Gasteiger partial charge in [0, 0.05) is 19.0 Å². The molecule has 0 saturated heterocycles. The number of rotatable bonds is 5. The summed E-state index contributed by atoms with van der Waals surface area (Å²) in [5.41, 5.74) is 0.635. The number of nitrogens with one attached hydrogen (secondary N) is 2. The van der Waals surface area contributed by atoms with Crippen molar-refractivity contribution in [2.45, 2.75) is 25.8 Å². The summed E-state index contributed by atoms with van der Waals surface area (Å²) in [7, 11) is 0. The van der Waals surface area contributed by atoms with Crippen LogP contribution in [-0.2, 0) is 11.3 Å². The molecule has 7 heteroatoms. The highest BCUT2D eigenvalue weighted by atomic mass is 32.1. The maximum atomic E-state index is 13.7. The number of hydrogen-bond donors (Lipinski definition) is 2. The van der Waals surface area contributed by atoms with E-state index < -0.39 is 0 Å². The zero-order chi connectivity index (χ0) is 15.7. The number of hydrogen-bond acceptors (Lipinski definition) is 3. The van der Waals surface area contributed by atoms with E-state index in [4.69, 9.17) is 12.2 Å². The van der Waals surface area contributed by atoms with Crippen LogP contribution >= 0.6 is 12.2 Å². The molecule has 1 aromatic carbocycles. The van der Waals surface area contributed by atoms with Crippen LogP contribution in [0.3, 0.4) is 0 Å². The third-order valence-electron chi connectivity index (χ3n) is 4.02. The molecular weight excluding hydrogens is 303 g/mol. The number of carbonyl (C=O) groups excluding carboxylic acids is 1. The molecule has 22 heavy (non-hydrogen) atoms. The van der Waals surface area contributed by atoms with Crippen molar-refractivity contribution in [2.75, 3.05) is 6.54 Å². The molecule has 1 aliphatic carbocycles. The molecule has 5 nitrogen and oxygen atoms in total. The van der Waals surface area contributed by atoms with E-state index in [9.17, 15) is 9.18 Å². The van der Waals surface area contributed by atoms with E-state index >= 15 is 0 Å². The molecule has 0 spiro atoms. The van der Waals surface area contributed by atoms with Gasteiger partial charge in [-0.15, -0.1) is 0 Å². The minimum absolute atomic E-state index is 0.000900. The molecule has 1 aliphatic rings. The fraction of sp³-hybridized carbons (Fsp3) is 0.400. The van der Waals surface area contributed by atoms with E-state index in [-0.39, 0.29) is 23.6 Å². The Balaban J connectivity index is 1.52. The maximum Gasteiger partial charge on any atom is 0.223 e. The highest BCUT2D eigenvalue weighted by molar-refractivity contribution is 7.71. The minimum atomic E-state index is -0.233. The lowest BCUT2D eigenvalue weighted by Gasteiger charge is -2.07. The SMILES string of the molecule is Cc1n[nH]c(=S)n1CCNC(=O)[C@H]1C[C@@H]1c1ccccc1F. The van der Waals surface area contributed by atoms with Crippen molar-refractivity contribution < 1.29 is 9.18 Å². The number of H-pyrrole nitrogens is 1. The lowest BCUT2D eigenvalue weighted by molar-refractivity contribution is -0.122. The van der Waals surface area contributed by atoms with E-state index in [0.29, 0.717) is 29.8 Å². The van der Waals surface area contributed by atoms with Crippen molar-refractivity contribution in [2.24, 2.45) is 5.92 Å². The number of carbonyl (C=O) groups is 1. The molecule has 1 amide bonds. The lowest BCUT2D eigenvalue weighted by atomic mass is 10.1. The molecule has 3 rings (SSSR count). The third-order valence-corrected chi connectivity index (χ3v) is 4.33. The maximum absolute atomic E-state index is 13.7. The van der Waals surface area contributed by atoms with E-state index in [0.717, 1.165) is 5.82 Å². The molecule has 0 bridgehead atoms. The molecule has 1 saturated carbocycles. The molecule has 0 aliphatic heterocycles. The number of amides is 1. The summed E-state index contributed by atoms with van der Waals surface area (Å²) in [4.78, 5) is 12.1.